The Labute approximate surface area is 244 Å². The second-order valence-corrected chi connectivity index (χ2v) is 11.1. The van der Waals surface area contributed by atoms with Crippen molar-refractivity contribution < 1.29 is 9.47 Å². The largest absolute Gasteiger partial charge is 0.368 e. The summed E-state index contributed by atoms with van der Waals surface area (Å²) >= 11 is 0. The molecular formula is C30H34N10O2. The van der Waals surface area contributed by atoms with E-state index in [1.165, 1.54) is 12.6 Å². The molecule has 6 rings (SSSR count). The van der Waals surface area contributed by atoms with E-state index in [4.69, 9.17) is 9.47 Å². The quantitative estimate of drug-likeness (QED) is 0.299. The van der Waals surface area contributed by atoms with Gasteiger partial charge in [-0.2, -0.15) is 20.3 Å². The Kier molecular flexibility index (Phi) is 8.35. The highest BCUT2D eigenvalue weighted by atomic mass is 16.7. The number of pyridine rings is 2. The molecule has 2 aliphatic rings. The van der Waals surface area contributed by atoms with Crippen molar-refractivity contribution in [3.8, 4) is 23.6 Å². The molecular weight excluding hydrogens is 532 g/mol. The van der Waals surface area contributed by atoms with E-state index in [1.54, 1.807) is 34.7 Å². The van der Waals surface area contributed by atoms with Crippen molar-refractivity contribution in [2.45, 2.75) is 76.5 Å². The molecule has 2 atom stereocenters. The normalized spacial score (nSPS) is 21.5. The SMILES string of the molecule is CC(C#N)Nc1cc(-n2ncc3cc(C#N)cnc32)ncc1-n1cc(C2CCC(CCOC3CCCCO3)CC2)nn1. The summed E-state index contributed by atoms with van der Waals surface area (Å²) in [7, 11) is 0. The number of fused-ring (bicyclic) bond motifs is 1. The number of anilines is 1. The lowest BCUT2D eigenvalue weighted by atomic mass is 9.79. The van der Waals surface area contributed by atoms with Gasteiger partial charge in [-0.25, -0.2) is 14.6 Å². The highest BCUT2D eigenvalue weighted by Gasteiger charge is 2.26. The van der Waals surface area contributed by atoms with Gasteiger partial charge in [-0.15, -0.1) is 5.10 Å². The number of hydrogen-bond donors (Lipinski definition) is 1. The molecule has 4 aromatic rings. The van der Waals surface area contributed by atoms with Crippen molar-refractivity contribution in [3.05, 3.63) is 48.2 Å². The van der Waals surface area contributed by atoms with E-state index in [2.05, 4.69) is 42.8 Å². The number of ether oxygens (including phenoxy) is 2. The number of nitrogens with zero attached hydrogens (tertiary/aromatic N) is 9. The van der Waals surface area contributed by atoms with Crippen molar-refractivity contribution in [1.29, 1.82) is 10.5 Å². The van der Waals surface area contributed by atoms with Gasteiger partial charge in [0.15, 0.2) is 17.8 Å². The van der Waals surface area contributed by atoms with Crippen LogP contribution in [0, 0.1) is 28.6 Å². The third-order valence-corrected chi connectivity index (χ3v) is 8.18. The molecule has 1 saturated heterocycles. The summed E-state index contributed by atoms with van der Waals surface area (Å²) in [4.78, 5) is 9.04. The van der Waals surface area contributed by atoms with E-state index >= 15 is 0 Å². The fourth-order valence-electron chi connectivity index (χ4n) is 5.80. The van der Waals surface area contributed by atoms with E-state index in [-0.39, 0.29) is 6.29 Å². The van der Waals surface area contributed by atoms with Gasteiger partial charge in [0, 0.05) is 36.8 Å². The maximum Gasteiger partial charge on any atom is 0.164 e. The molecule has 4 aromatic heterocycles. The minimum absolute atomic E-state index is 0.0163. The summed E-state index contributed by atoms with van der Waals surface area (Å²) in [5, 5.41) is 36.1. The molecule has 1 aliphatic carbocycles. The second-order valence-electron chi connectivity index (χ2n) is 11.1. The van der Waals surface area contributed by atoms with Gasteiger partial charge < -0.3 is 14.8 Å². The van der Waals surface area contributed by atoms with Gasteiger partial charge in [-0.3, -0.25) is 0 Å². The van der Waals surface area contributed by atoms with E-state index in [9.17, 15) is 10.5 Å². The van der Waals surface area contributed by atoms with Crippen LogP contribution in [0.2, 0.25) is 0 Å². The zero-order valence-electron chi connectivity index (χ0n) is 23.7. The van der Waals surface area contributed by atoms with Crippen LogP contribution in [0.3, 0.4) is 0 Å². The van der Waals surface area contributed by atoms with Gasteiger partial charge in [0.05, 0.1) is 41.6 Å². The number of nitriles is 2. The first-order valence-electron chi connectivity index (χ1n) is 14.7. The summed E-state index contributed by atoms with van der Waals surface area (Å²) in [6.07, 6.45) is 15.7. The van der Waals surface area contributed by atoms with E-state index in [1.807, 2.05) is 12.3 Å². The lowest BCUT2D eigenvalue weighted by molar-refractivity contribution is -0.164. The van der Waals surface area contributed by atoms with Crippen molar-refractivity contribution in [2.24, 2.45) is 5.92 Å². The molecule has 42 heavy (non-hydrogen) atoms. The van der Waals surface area contributed by atoms with Gasteiger partial charge in [0.2, 0.25) is 0 Å². The van der Waals surface area contributed by atoms with Gasteiger partial charge in [0.1, 0.15) is 17.8 Å². The number of rotatable bonds is 9. The van der Waals surface area contributed by atoms with Crippen LogP contribution in [0.25, 0.3) is 22.5 Å². The Hall–Kier alpha value is -4.39. The van der Waals surface area contributed by atoms with Crippen LogP contribution in [0.5, 0.6) is 0 Å². The summed E-state index contributed by atoms with van der Waals surface area (Å²) in [6, 6.07) is 7.43. The number of hydrogen-bond acceptors (Lipinski definition) is 10. The minimum atomic E-state index is -0.448. The van der Waals surface area contributed by atoms with Gasteiger partial charge >= 0.3 is 0 Å². The summed E-state index contributed by atoms with van der Waals surface area (Å²) in [5.74, 6) is 1.55. The third kappa shape index (κ3) is 6.10. The standard InChI is InChI=1S/C30H34N10O2/c1-20(14-31)36-25-13-28(40-30-24(17-35-40)12-22(15-32)16-34-30)33-18-27(25)39-19-26(37-38-39)23-7-5-21(6-8-23)9-11-42-29-4-2-3-10-41-29/h12-13,16-21,23,29H,2-11H2,1H3,(H,33,36). The molecule has 5 heterocycles. The maximum absolute atomic E-state index is 9.49. The Morgan fingerprint density at radius 2 is 1.98 bits per heavy atom. The maximum atomic E-state index is 9.49. The molecule has 0 amide bonds. The van der Waals surface area contributed by atoms with Crippen LogP contribution in [-0.2, 0) is 9.47 Å². The molecule has 2 fully saturated rings. The summed E-state index contributed by atoms with van der Waals surface area (Å²) in [6.45, 7) is 3.37. The van der Waals surface area contributed by atoms with Crippen molar-refractivity contribution in [2.75, 3.05) is 18.5 Å². The number of nitrogens with one attached hydrogen (secondary N) is 1. The van der Waals surface area contributed by atoms with Crippen LogP contribution in [-0.4, -0.2) is 60.3 Å². The molecule has 0 bridgehead atoms. The molecule has 216 valence electrons. The third-order valence-electron chi connectivity index (χ3n) is 8.18. The van der Waals surface area contributed by atoms with Gasteiger partial charge in [-0.1, -0.05) is 5.21 Å². The highest BCUT2D eigenvalue weighted by Crippen LogP contribution is 2.37. The predicted octanol–water partition coefficient (Wildman–Crippen LogP) is 4.80. The molecule has 2 unspecified atom stereocenters. The topological polar surface area (TPSA) is 152 Å². The fraction of sp³-hybridized carbons (Fsp3) is 0.500. The molecule has 0 aromatic carbocycles. The first-order valence-corrected chi connectivity index (χ1v) is 14.7. The molecule has 0 spiro atoms. The lowest BCUT2D eigenvalue weighted by Gasteiger charge is -2.28. The highest BCUT2D eigenvalue weighted by molar-refractivity contribution is 5.77. The molecule has 12 nitrogen and oxygen atoms in total. The van der Waals surface area contributed by atoms with Crippen molar-refractivity contribution in [3.63, 3.8) is 0 Å². The Bertz CT molecular complexity index is 1600. The Morgan fingerprint density at radius 1 is 1.10 bits per heavy atom. The Balaban J connectivity index is 1.15. The molecule has 1 saturated carbocycles. The molecule has 12 heteroatoms. The van der Waals surface area contributed by atoms with Gasteiger partial charge in [-0.05, 0) is 70.3 Å². The monoisotopic (exact) mass is 566 g/mol. The van der Waals surface area contributed by atoms with Crippen LogP contribution < -0.4 is 5.32 Å². The van der Waals surface area contributed by atoms with Crippen LogP contribution in [0.4, 0.5) is 5.69 Å². The smallest absolute Gasteiger partial charge is 0.164 e. The van der Waals surface area contributed by atoms with E-state index in [0.717, 1.165) is 69.2 Å². The second kappa shape index (κ2) is 12.6. The molecule has 1 aliphatic heterocycles. The predicted molar refractivity (Wildman–Crippen MR) is 154 cm³/mol. The fourth-order valence-corrected chi connectivity index (χ4v) is 5.80. The molecule has 1 N–H and O–H groups in total. The van der Waals surface area contributed by atoms with Crippen molar-refractivity contribution in [1.82, 2.24) is 34.7 Å². The summed E-state index contributed by atoms with van der Waals surface area (Å²) < 4.78 is 15.0. The van der Waals surface area contributed by atoms with Crippen LogP contribution in [0.15, 0.2) is 36.9 Å². The van der Waals surface area contributed by atoms with Crippen molar-refractivity contribution >= 4 is 16.7 Å². The zero-order valence-corrected chi connectivity index (χ0v) is 23.7. The van der Waals surface area contributed by atoms with Gasteiger partial charge in [0.25, 0.3) is 0 Å². The molecule has 0 radical (unpaired) electrons. The first-order chi connectivity index (χ1) is 20.6. The minimum Gasteiger partial charge on any atom is -0.368 e. The zero-order chi connectivity index (χ0) is 28.9. The lowest BCUT2D eigenvalue weighted by Crippen LogP contribution is -2.24. The average Bonchev–Trinajstić information content (AvgIpc) is 3.69. The summed E-state index contributed by atoms with van der Waals surface area (Å²) in [5.41, 5.74) is 3.38. The first kappa shape index (κ1) is 27.8. The van der Waals surface area contributed by atoms with Crippen LogP contribution in [0.1, 0.15) is 75.5 Å². The van der Waals surface area contributed by atoms with Crippen LogP contribution >= 0.6 is 0 Å². The average molecular weight is 567 g/mol. The van der Waals surface area contributed by atoms with E-state index < -0.39 is 6.04 Å². The Morgan fingerprint density at radius 3 is 2.76 bits per heavy atom. The number of aromatic nitrogens is 7. The van der Waals surface area contributed by atoms with E-state index in [0.29, 0.717) is 40.2 Å².